The lowest BCUT2D eigenvalue weighted by molar-refractivity contribution is 0.592. The monoisotopic (exact) mass is 289 g/mol. The average molecular weight is 290 g/mol. The number of hydrogen-bond donors (Lipinski definition) is 1. The summed E-state index contributed by atoms with van der Waals surface area (Å²) in [6, 6.07) is 8.93. The minimum atomic E-state index is 0.414. The van der Waals surface area contributed by atoms with Gasteiger partial charge in [-0.05, 0) is 31.4 Å². The number of aromatic nitrogens is 2. The van der Waals surface area contributed by atoms with Gasteiger partial charge in [0.05, 0.1) is 16.4 Å². The summed E-state index contributed by atoms with van der Waals surface area (Å²) in [5, 5.41) is 9.04. The topological polar surface area (TPSA) is 29.9 Å². The number of fused-ring (bicyclic) bond motifs is 1. The Morgan fingerprint density at radius 3 is 2.85 bits per heavy atom. The van der Waals surface area contributed by atoms with Gasteiger partial charge in [-0.25, -0.2) is 0 Å². The van der Waals surface area contributed by atoms with E-state index in [9.17, 15) is 0 Å². The number of rotatable bonds is 4. The van der Waals surface area contributed by atoms with E-state index in [2.05, 4.69) is 48.5 Å². The third-order valence-corrected chi connectivity index (χ3v) is 4.41. The maximum Gasteiger partial charge on any atom is 0.0850 e. The molecule has 1 aliphatic rings. The summed E-state index contributed by atoms with van der Waals surface area (Å²) >= 11 is 6.49. The third kappa shape index (κ3) is 2.31. The number of benzene rings is 1. The van der Waals surface area contributed by atoms with Crippen LogP contribution in [0.15, 0.2) is 24.3 Å². The Morgan fingerprint density at radius 2 is 2.15 bits per heavy atom. The number of anilines is 1. The average Bonchev–Trinajstić information content (AvgIpc) is 3.01. The van der Waals surface area contributed by atoms with Gasteiger partial charge in [-0.1, -0.05) is 36.7 Å². The van der Waals surface area contributed by atoms with Gasteiger partial charge in [0, 0.05) is 24.7 Å². The predicted molar refractivity (Wildman–Crippen MR) is 83.5 cm³/mol. The summed E-state index contributed by atoms with van der Waals surface area (Å²) in [4.78, 5) is 0. The summed E-state index contributed by atoms with van der Waals surface area (Å²) < 4.78 is 2.05. The van der Waals surface area contributed by atoms with Crippen LogP contribution in [-0.4, -0.2) is 15.8 Å². The summed E-state index contributed by atoms with van der Waals surface area (Å²) in [7, 11) is 0. The third-order valence-electron chi connectivity index (χ3n) is 3.98. The summed E-state index contributed by atoms with van der Waals surface area (Å²) in [6.07, 6.45) is 2.87. The Labute approximate surface area is 124 Å². The normalized spacial score (nSPS) is 17.1. The molecule has 0 saturated carbocycles. The van der Waals surface area contributed by atoms with E-state index in [4.69, 9.17) is 11.6 Å². The predicted octanol–water partition coefficient (Wildman–Crippen LogP) is 3.70. The van der Waals surface area contributed by atoms with Crippen LogP contribution in [0.4, 0.5) is 5.69 Å². The van der Waals surface area contributed by atoms with Gasteiger partial charge in [-0.2, -0.15) is 5.10 Å². The molecule has 1 N–H and O–H groups in total. The van der Waals surface area contributed by atoms with Crippen LogP contribution in [-0.2, 0) is 25.8 Å². The molecule has 0 bridgehead atoms. The van der Waals surface area contributed by atoms with Gasteiger partial charge >= 0.3 is 0 Å². The molecule has 2 aromatic rings. The van der Waals surface area contributed by atoms with Crippen molar-refractivity contribution in [2.45, 2.75) is 45.7 Å². The molecule has 0 amide bonds. The first kappa shape index (κ1) is 13.5. The molecule has 1 atom stereocenters. The molecule has 0 spiro atoms. The van der Waals surface area contributed by atoms with Crippen LogP contribution in [0.1, 0.15) is 30.8 Å². The Kier molecular flexibility index (Phi) is 3.70. The Hall–Kier alpha value is -1.48. The van der Waals surface area contributed by atoms with Gasteiger partial charge in [-0.3, -0.25) is 4.68 Å². The molecule has 106 valence electrons. The van der Waals surface area contributed by atoms with Crippen molar-refractivity contribution in [3.05, 3.63) is 46.2 Å². The van der Waals surface area contributed by atoms with Gasteiger partial charge in [0.15, 0.2) is 0 Å². The largest absolute Gasteiger partial charge is 0.381 e. The van der Waals surface area contributed by atoms with Crippen LogP contribution in [0, 0.1) is 0 Å². The second-order valence-electron chi connectivity index (χ2n) is 5.28. The van der Waals surface area contributed by atoms with Gasteiger partial charge < -0.3 is 5.32 Å². The zero-order chi connectivity index (χ0) is 14.1. The van der Waals surface area contributed by atoms with Crippen molar-refractivity contribution in [3.63, 3.8) is 0 Å². The summed E-state index contributed by atoms with van der Waals surface area (Å²) in [5.74, 6) is 0. The summed E-state index contributed by atoms with van der Waals surface area (Å²) in [5.41, 5.74) is 4.83. The zero-order valence-corrected chi connectivity index (χ0v) is 12.7. The SMILES string of the molecule is CCc1nn(CC)c(CC2Cc3ccccc3N2)c1Cl. The maximum atomic E-state index is 6.49. The molecule has 0 radical (unpaired) electrons. The van der Waals surface area contributed by atoms with Crippen molar-refractivity contribution in [1.82, 2.24) is 9.78 Å². The van der Waals surface area contributed by atoms with E-state index in [1.807, 2.05) is 4.68 Å². The fourth-order valence-electron chi connectivity index (χ4n) is 2.94. The maximum absolute atomic E-state index is 6.49. The molecule has 1 aliphatic heterocycles. The number of nitrogens with zero attached hydrogens (tertiary/aromatic N) is 2. The van der Waals surface area contributed by atoms with Crippen molar-refractivity contribution < 1.29 is 0 Å². The second kappa shape index (κ2) is 5.49. The van der Waals surface area contributed by atoms with Crippen LogP contribution in [0.3, 0.4) is 0 Å². The van der Waals surface area contributed by atoms with E-state index < -0.39 is 0 Å². The standard InChI is InChI=1S/C16H20ClN3/c1-3-13-16(17)15(20(4-2)19-13)10-12-9-11-7-5-6-8-14(11)18-12/h5-8,12,18H,3-4,9-10H2,1-2H3. The van der Waals surface area contributed by atoms with Crippen molar-refractivity contribution >= 4 is 17.3 Å². The highest BCUT2D eigenvalue weighted by Gasteiger charge is 2.24. The molecular weight excluding hydrogens is 270 g/mol. The van der Waals surface area contributed by atoms with E-state index in [1.54, 1.807) is 0 Å². The van der Waals surface area contributed by atoms with Gasteiger partial charge in [0.25, 0.3) is 0 Å². The fourth-order valence-corrected chi connectivity index (χ4v) is 3.29. The van der Waals surface area contributed by atoms with Crippen molar-refractivity contribution in [1.29, 1.82) is 0 Å². The highest BCUT2D eigenvalue weighted by atomic mass is 35.5. The molecule has 4 heteroatoms. The van der Waals surface area contributed by atoms with Crippen LogP contribution in [0.25, 0.3) is 0 Å². The highest BCUT2D eigenvalue weighted by molar-refractivity contribution is 6.31. The van der Waals surface area contributed by atoms with Crippen LogP contribution >= 0.6 is 11.6 Å². The van der Waals surface area contributed by atoms with Crippen LogP contribution in [0.5, 0.6) is 0 Å². The van der Waals surface area contributed by atoms with E-state index in [-0.39, 0.29) is 0 Å². The Balaban J connectivity index is 1.81. The number of nitrogens with one attached hydrogen (secondary N) is 1. The lowest BCUT2D eigenvalue weighted by atomic mass is 10.1. The lowest BCUT2D eigenvalue weighted by Crippen LogP contribution is -2.21. The van der Waals surface area contributed by atoms with Gasteiger partial charge in [0.1, 0.15) is 0 Å². The first-order valence-electron chi connectivity index (χ1n) is 7.31. The first-order valence-corrected chi connectivity index (χ1v) is 7.69. The molecular formula is C16H20ClN3. The molecule has 2 heterocycles. The Bertz CT molecular complexity index is 593. The van der Waals surface area contributed by atoms with Crippen molar-refractivity contribution in [2.24, 2.45) is 0 Å². The second-order valence-corrected chi connectivity index (χ2v) is 5.66. The number of halogens is 1. The van der Waals surface area contributed by atoms with Gasteiger partial charge in [-0.15, -0.1) is 0 Å². The number of hydrogen-bond acceptors (Lipinski definition) is 2. The first-order chi connectivity index (χ1) is 9.72. The van der Waals surface area contributed by atoms with E-state index in [0.717, 1.165) is 42.2 Å². The van der Waals surface area contributed by atoms with E-state index in [0.29, 0.717) is 6.04 Å². The fraction of sp³-hybridized carbons (Fsp3) is 0.438. The minimum absolute atomic E-state index is 0.414. The molecule has 1 unspecified atom stereocenters. The zero-order valence-electron chi connectivity index (χ0n) is 12.0. The molecule has 0 aliphatic carbocycles. The molecule has 0 saturated heterocycles. The molecule has 3 nitrogen and oxygen atoms in total. The quantitative estimate of drug-likeness (QED) is 0.930. The number of para-hydroxylation sites is 1. The molecule has 3 rings (SSSR count). The molecule has 0 fully saturated rings. The molecule has 1 aromatic heterocycles. The Morgan fingerprint density at radius 1 is 1.35 bits per heavy atom. The minimum Gasteiger partial charge on any atom is -0.381 e. The van der Waals surface area contributed by atoms with Crippen LogP contribution in [0.2, 0.25) is 5.02 Å². The van der Waals surface area contributed by atoms with Crippen LogP contribution < -0.4 is 5.32 Å². The molecule has 20 heavy (non-hydrogen) atoms. The lowest BCUT2D eigenvalue weighted by Gasteiger charge is -2.12. The smallest absolute Gasteiger partial charge is 0.0850 e. The number of aryl methyl sites for hydroxylation is 2. The van der Waals surface area contributed by atoms with Crippen molar-refractivity contribution in [3.8, 4) is 0 Å². The summed E-state index contributed by atoms with van der Waals surface area (Å²) in [6.45, 7) is 5.08. The van der Waals surface area contributed by atoms with E-state index in [1.165, 1.54) is 11.3 Å². The van der Waals surface area contributed by atoms with Gasteiger partial charge in [0.2, 0.25) is 0 Å². The van der Waals surface area contributed by atoms with E-state index >= 15 is 0 Å². The highest BCUT2D eigenvalue weighted by Crippen LogP contribution is 2.29. The van der Waals surface area contributed by atoms with Crippen molar-refractivity contribution in [2.75, 3.05) is 5.32 Å². The molecule has 1 aromatic carbocycles.